The van der Waals surface area contributed by atoms with Crippen molar-refractivity contribution in [2.45, 2.75) is 26.7 Å². The summed E-state index contributed by atoms with van der Waals surface area (Å²) in [5.41, 5.74) is 4.69. The van der Waals surface area contributed by atoms with Gasteiger partial charge in [0.1, 0.15) is 11.5 Å². The Morgan fingerprint density at radius 1 is 0.659 bits per heavy atom. The molecule has 1 aliphatic heterocycles. The second-order valence-corrected chi connectivity index (χ2v) is 11.2. The smallest absolute Gasteiger partial charge is 0.255 e. The van der Waals surface area contributed by atoms with E-state index >= 15 is 0 Å². The van der Waals surface area contributed by atoms with Gasteiger partial charge in [0, 0.05) is 22.5 Å². The minimum atomic E-state index is -0.353. The molecule has 4 amide bonds. The molecule has 1 aliphatic carbocycles. The van der Waals surface area contributed by atoms with Gasteiger partial charge >= 0.3 is 0 Å². The maximum Gasteiger partial charge on any atom is 0.255 e. The van der Waals surface area contributed by atoms with Gasteiger partial charge in [-0.15, -0.1) is 0 Å². The second-order valence-electron chi connectivity index (χ2n) is 11.2. The third-order valence-electron chi connectivity index (χ3n) is 7.98. The minimum absolute atomic E-state index is 0.182. The molecule has 0 spiro atoms. The number of rotatable bonds is 7. The van der Waals surface area contributed by atoms with Gasteiger partial charge in [0.25, 0.3) is 11.8 Å². The van der Waals surface area contributed by atoms with Gasteiger partial charge in [-0.05, 0) is 112 Å². The number of imide groups is 1. The molecule has 1 heterocycles. The highest BCUT2D eigenvalue weighted by Crippen LogP contribution is 2.39. The number of benzene rings is 4. The first-order chi connectivity index (χ1) is 21.2. The van der Waals surface area contributed by atoms with E-state index in [-0.39, 0.29) is 35.5 Å². The van der Waals surface area contributed by atoms with Gasteiger partial charge in [-0.3, -0.25) is 24.1 Å². The van der Waals surface area contributed by atoms with Crippen LogP contribution in [0.4, 0.5) is 17.1 Å². The van der Waals surface area contributed by atoms with E-state index in [1.165, 1.54) is 4.90 Å². The SMILES string of the molecule is CC1=CC[C@@H]2C(=O)N(c3ccc(C(=O)Nc4ccc(C(=O)Nc5ccc(Oc6ccc(C)cc6)cc5)cc4)cc3)C(=O)[C@H]2C1. The summed E-state index contributed by atoms with van der Waals surface area (Å²) >= 11 is 0. The molecule has 2 atom stereocenters. The molecule has 0 aromatic heterocycles. The number of nitrogens with zero attached hydrogens (tertiary/aromatic N) is 1. The fraction of sp³-hybridized carbons (Fsp3) is 0.167. The molecule has 220 valence electrons. The first kappa shape index (κ1) is 28.6. The van der Waals surface area contributed by atoms with E-state index in [1.807, 2.05) is 44.2 Å². The Balaban J connectivity index is 1.03. The average Bonchev–Trinajstić information content (AvgIpc) is 3.28. The predicted octanol–water partition coefficient (Wildman–Crippen LogP) is 7.14. The van der Waals surface area contributed by atoms with Crippen molar-refractivity contribution in [2.24, 2.45) is 11.8 Å². The monoisotopic (exact) mass is 585 g/mol. The largest absolute Gasteiger partial charge is 0.457 e. The Hall–Kier alpha value is -5.50. The molecule has 1 saturated heterocycles. The molecule has 8 nitrogen and oxygen atoms in total. The summed E-state index contributed by atoms with van der Waals surface area (Å²) in [5.74, 6) is -0.250. The van der Waals surface area contributed by atoms with Gasteiger partial charge in [-0.25, -0.2) is 0 Å². The first-order valence-electron chi connectivity index (χ1n) is 14.5. The highest BCUT2D eigenvalue weighted by atomic mass is 16.5. The zero-order chi connectivity index (χ0) is 30.8. The predicted molar refractivity (Wildman–Crippen MR) is 169 cm³/mol. The topological polar surface area (TPSA) is 105 Å². The van der Waals surface area contributed by atoms with Crippen molar-refractivity contribution in [1.29, 1.82) is 0 Å². The third-order valence-corrected chi connectivity index (χ3v) is 7.98. The highest BCUT2D eigenvalue weighted by molar-refractivity contribution is 6.22. The summed E-state index contributed by atoms with van der Waals surface area (Å²) < 4.78 is 5.84. The fourth-order valence-electron chi connectivity index (χ4n) is 5.51. The molecule has 0 bridgehead atoms. The van der Waals surface area contributed by atoms with E-state index in [0.29, 0.717) is 46.8 Å². The van der Waals surface area contributed by atoms with Crippen molar-refractivity contribution in [2.75, 3.05) is 15.5 Å². The zero-order valence-electron chi connectivity index (χ0n) is 24.4. The number of carbonyl (C=O) groups excluding carboxylic acids is 4. The molecule has 0 radical (unpaired) electrons. The summed E-state index contributed by atoms with van der Waals surface area (Å²) in [5, 5.41) is 5.68. The lowest BCUT2D eigenvalue weighted by Gasteiger charge is -2.18. The van der Waals surface area contributed by atoms with Crippen molar-refractivity contribution in [3.63, 3.8) is 0 Å². The van der Waals surface area contributed by atoms with Gasteiger partial charge in [-0.2, -0.15) is 0 Å². The molecule has 2 N–H and O–H groups in total. The number of allylic oxidation sites excluding steroid dienone is 2. The quantitative estimate of drug-likeness (QED) is 0.177. The van der Waals surface area contributed by atoms with E-state index < -0.39 is 0 Å². The van der Waals surface area contributed by atoms with Crippen LogP contribution in [0.2, 0.25) is 0 Å². The van der Waals surface area contributed by atoms with E-state index in [9.17, 15) is 19.2 Å². The Morgan fingerprint density at radius 3 is 1.70 bits per heavy atom. The van der Waals surface area contributed by atoms with Gasteiger partial charge in [0.05, 0.1) is 17.5 Å². The van der Waals surface area contributed by atoms with Gasteiger partial charge in [-0.1, -0.05) is 29.3 Å². The Morgan fingerprint density at radius 2 is 1.14 bits per heavy atom. The Labute approximate surface area is 255 Å². The van der Waals surface area contributed by atoms with E-state index in [4.69, 9.17) is 4.74 Å². The molecule has 8 heteroatoms. The summed E-state index contributed by atoms with van der Waals surface area (Å²) in [4.78, 5) is 52.8. The van der Waals surface area contributed by atoms with Crippen LogP contribution in [-0.4, -0.2) is 23.6 Å². The van der Waals surface area contributed by atoms with Crippen LogP contribution in [-0.2, 0) is 9.59 Å². The van der Waals surface area contributed by atoms with Crippen molar-refractivity contribution in [3.05, 3.63) is 125 Å². The molecule has 6 rings (SSSR count). The number of hydrogen-bond donors (Lipinski definition) is 2. The lowest BCUT2D eigenvalue weighted by atomic mass is 9.82. The lowest BCUT2D eigenvalue weighted by Crippen LogP contribution is -2.30. The molecule has 4 aromatic carbocycles. The molecule has 2 aliphatic rings. The highest BCUT2D eigenvalue weighted by Gasteiger charge is 2.48. The van der Waals surface area contributed by atoms with Crippen LogP contribution in [0.15, 0.2) is 109 Å². The van der Waals surface area contributed by atoms with Crippen LogP contribution < -0.4 is 20.3 Å². The Bertz CT molecular complexity index is 1760. The van der Waals surface area contributed by atoms with Crippen LogP contribution in [0.5, 0.6) is 11.5 Å². The van der Waals surface area contributed by atoms with Crippen molar-refractivity contribution in [3.8, 4) is 11.5 Å². The van der Waals surface area contributed by atoms with Crippen molar-refractivity contribution >= 4 is 40.7 Å². The summed E-state index contributed by atoms with van der Waals surface area (Å²) in [6.07, 6.45) is 3.21. The molecular formula is C36H31N3O5. The summed E-state index contributed by atoms with van der Waals surface area (Å²) in [7, 11) is 0. The van der Waals surface area contributed by atoms with Crippen LogP contribution in [0.3, 0.4) is 0 Å². The number of hydrogen-bond acceptors (Lipinski definition) is 5. The summed E-state index contributed by atoms with van der Waals surface area (Å²) in [6, 6.07) is 27.8. The van der Waals surface area contributed by atoms with Crippen LogP contribution in [0, 0.1) is 18.8 Å². The standard InChI is InChI=1S/C36H31N3O5/c1-22-3-16-29(17-4-22)44-30-18-12-27(13-19-30)38-33(40)24-6-10-26(11-7-24)37-34(41)25-8-14-28(15-9-25)39-35(42)31-20-5-23(2)21-32(31)36(39)43/h3-19,31-32H,20-21H2,1-2H3,(H,37,41)(H,38,40)/t31-,32-/m0/s1. The minimum Gasteiger partial charge on any atom is -0.457 e. The summed E-state index contributed by atoms with van der Waals surface area (Å²) in [6.45, 7) is 4.00. The van der Waals surface area contributed by atoms with Gasteiger partial charge in [0.2, 0.25) is 11.8 Å². The number of carbonyl (C=O) groups is 4. The Kier molecular flexibility index (Phi) is 7.81. The third kappa shape index (κ3) is 6.01. The van der Waals surface area contributed by atoms with E-state index in [2.05, 4.69) is 10.6 Å². The molecule has 4 aromatic rings. The van der Waals surface area contributed by atoms with Crippen LogP contribution in [0.1, 0.15) is 46.0 Å². The van der Waals surface area contributed by atoms with Gasteiger partial charge < -0.3 is 15.4 Å². The molecule has 1 fully saturated rings. The molecule has 0 unspecified atom stereocenters. The maximum absolute atomic E-state index is 13.0. The van der Waals surface area contributed by atoms with Gasteiger partial charge in [0.15, 0.2) is 0 Å². The first-order valence-corrected chi connectivity index (χ1v) is 14.5. The number of fused-ring (bicyclic) bond motifs is 1. The number of anilines is 3. The molecule has 0 saturated carbocycles. The van der Waals surface area contributed by atoms with E-state index in [1.54, 1.807) is 72.8 Å². The number of nitrogens with one attached hydrogen (secondary N) is 2. The number of ether oxygens (including phenoxy) is 1. The fourth-order valence-corrected chi connectivity index (χ4v) is 5.51. The van der Waals surface area contributed by atoms with Crippen molar-refractivity contribution < 1.29 is 23.9 Å². The molecule has 44 heavy (non-hydrogen) atoms. The number of amides is 4. The van der Waals surface area contributed by atoms with E-state index in [0.717, 1.165) is 16.9 Å². The lowest BCUT2D eigenvalue weighted by molar-refractivity contribution is -0.122. The average molecular weight is 586 g/mol. The molecular weight excluding hydrogens is 554 g/mol. The van der Waals surface area contributed by atoms with Crippen LogP contribution in [0.25, 0.3) is 0 Å². The zero-order valence-corrected chi connectivity index (χ0v) is 24.4. The van der Waals surface area contributed by atoms with Crippen LogP contribution >= 0.6 is 0 Å². The second kappa shape index (κ2) is 12.0. The maximum atomic E-state index is 13.0. The van der Waals surface area contributed by atoms with Crippen molar-refractivity contribution in [1.82, 2.24) is 0 Å². The normalized spacial score (nSPS) is 17.5. The number of aryl methyl sites for hydroxylation is 1.